The molecule has 3 N–H and O–H groups in total. The lowest BCUT2D eigenvalue weighted by atomic mass is 10.2. The second-order valence-electron chi connectivity index (χ2n) is 5.38. The Balaban J connectivity index is 0.00000338. The highest BCUT2D eigenvalue weighted by atomic mass is 127. The van der Waals surface area contributed by atoms with E-state index in [0.717, 1.165) is 17.0 Å². The number of guanidine groups is 1. The van der Waals surface area contributed by atoms with E-state index in [4.69, 9.17) is 4.42 Å². The van der Waals surface area contributed by atoms with E-state index in [1.165, 1.54) is 7.05 Å². The summed E-state index contributed by atoms with van der Waals surface area (Å²) >= 11 is 0. The number of sulfonamides is 1. The van der Waals surface area contributed by atoms with Crippen LogP contribution in [0.4, 0.5) is 0 Å². The van der Waals surface area contributed by atoms with Crippen LogP contribution in [0.5, 0.6) is 0 Å². The van der Waals surface area contributed by atoms with Crippen LogP contribution in [-0.4, -0.2) is 33.5 Å². The Hall–Kier alpha value is -1.66. The Bertz CT molecular complexity index is 828. The summed E-state index contributed by atoms with van der Waals surface area (Å²) < 4.78 is 31.2. The first-order valence-corrected chi connectivity index (χ1v) is 9.24. The van der Waals surface area contributed by atoms with Crippen LogP contribution in [0.3, 0.4) is 0 Å². The van der Waals surface area contributed by atoms with Gasteiger partial charge in [-0.15, -0.1) is 24.0 Å². The van der Waals surface area contributed by atoms with Gasteiger partial charge in [-0.05, 0) is 38.6 Å². The molecule has 144 valence electrons. The van der Waals surface area contributed by atoms with Gasteiger partial charge in [0.05, 0.1) is 17.1 Å². The lowest BCUT2D eigenvalue weighted by Gasteiger charge is -2.11. The molecular weight excluding hydrogens is 469 g/mol. The van der Waals surface area contributed by atoms with Crippen LogP contribution in [-0.2, 0) is 23.1 Å². The molecule has 0 saturated heterocycles. The molecule has 0 aliphatic carbocycles. The number of oxazole rings is 1. The number of nitrogens with one attached hydrogen (secondary N) is 3. The first-order chi connectivity index (χ1) is 11.9. The van der Waals surface area contributed by atoms with Crippen LogP contribution in [0.1, 0.15) is 22.9 Å². The summed E-state index contributed by atoms with van der Waals surface area (Å²) in [6, 6.07) is 6.64. The largest absolute Gasteiger partial charge is 0.444 e. The molecule has 2 rings (SSSR count). The fraction of sp³-hybridized carbons (Fsp3) is 0.375. The molecule has 0 aliphatic rings. The number of aryl methyl sites for hydroxylation is 2. The summed E-state index contributed by atoms with van der Waals surface area (Å²) in [6.07, 6.45) is 0. The molecule has 2 aromatic rings. The molecular formula is C16H24IN5O3S. The van der Waals surface area contributed by atoms with Gasteiger partial charge in [-0.1, -0.05) is 12.1 Å². The molecule has 0 radical (unpaired) electrons. The Morgan fingerprint density at radius 1 is 1.15 bits per heavy atom. The lowest BCUT2D eigenvalue weighted by Crippen LogP contribution is -2.36. The van der Waals surface area contributed by atoms with Crippen molar-refractivity contribution in [2.45, 2.75) is 31.8 Å². The molecule has 10 heteroatoms. The van der Waals surface area contributed by atoms with E-state index in [2.05, 4.69) is 25.3 Å². The van der Waals surface area contributed by atoms with E-state index in [1.54, 1.807) is 31.3 Å². The summed E-state index contributed by atoms with van der Waals surface area (Å²) in [6.45, 7) is 4.70. The van der Waals surface area contributed by atoms with Crippen molar-refractivity contribution >= 4 is 40.0 Å². The second-order valence-corrected chi connectivity index (χ2v) is 7.27. The van der Waals surface area contributed by atoms with Gasteiger partial charge in [-0.2, -0.15) is 0 Å². The van der Waals surface area contributed by atoms with Crippen molar-refractivity contribution in [2.24, 2.45) is 4.99 Å². The average molecular weight is 493 g/mol. The third-order valence-electron chi connectivity index (χ3n) is 3.67. The van der Waals surface area contributed by atoms with Crippen LogP contribution in [0, 0.1) is 13.8 Å². The SMILES string of the molecule is CN=C(NCc1ccc(S(=O)(=O)NC)cc1)NCc1nc(C)c(C)o1.I. The van der Waals surface area contributed by atoms with Crippen molar-refractivity contribution < 1.29 is 12.8 Å². The van der Waals surface area contributed by atoms with Crippen LogP contribution < -0.4 is 15.4 Å². The minimum Gasteiger partial charge on any atom is -0.444 e. The van der Waals surface area contributed by atoms with Gasteiger partial charge in [0.25, 0.3) is 0 Å². The summed E-state index contributed by atoms with van der Waals surface area (Å²) in [4.78, 5) is 8.67. The highest BCUT2D eigenvalue weighted by molar-refractivity contribution is 14.0. The van der Waals surface area contributed by atoms with Crippen molar-refractivity contribution in [2.75, 3.05) is 14.1 Å². The van der Waals surface area contributed by atoms with E-state index in [-0.39, 0.29) is 28.9 Å². The van der Waals surface area contributed by atoms with Gasteiger partial charge in [0.1, 0.15) is 5.76 Å². The molecule has 1 heterocycles. The number of benzene rings is 1. The van der Waals surface area contributed by atoms with E-state index in [0.29, 0.717) is 24.9 Å². The minimum absolute atomic E-state index is 0. The quantitative estimate of drug-likeness (QED) is 0.321. The highest BCUT2D eigenvalue weighted by Gasteiger charge is 2.10. The maximum absolute atomic E-state index is 11.7. The van der Waals surface area contributed by atoms with Gasteiger partial charge >= 0.3 is 0 Å². The van der Waals surface area contributed by atoms with Crippen molar-refractivity contribution in [3.63, 3.8) is 0 Å². The number of hydrogen-bond donors (Lipinski definition) is 3. The maximum atomic E-state index is 11.7. The molecule has 0 fully saturated rings. The zero-order chi connectivity index (χ0) is 18.4. The van der Waals surface area contributed by atoms with Crippen molar-refractivity contribution in [3.8, 4) is 0 Å². The Morgan fingerprint density at radius 2 is 1.77 bits per heavy atom. The molecule has 1 aromatic heterocycles. The van der Waals surface area contributed by atoms with E-state index < -0.39 is 10.0 Å². The smallest absolute Gasteiger partial charge is 0.240 e. The summed E-state index contributed by atoms with van der Waals surface area (Å²) in [7, 11) is -0.359. The van der Waals surface area contributed by atoms with Gasteiger partial charge in [0, 0.05) is 13.6 Å². The van der Waals surface area contributed by atoms with E-state index >= 15 is 0 Å². The van der Waals surface area contributed by atoms with Crippen LogP contribution >= 0.6 is 24.0 Å². The number of aliphatic imine (C=N–C) groups is 1. The fourth-order valence-corrected chi connectivity index (χ4v) is 2.81. The molecule has 0 saturated carbocycles. The Kier molecular flexibility index (Phi) is 8.50. The Labute approximate surface area is 171 Å². The summed E-state index contributed by atoms with van der Waals surface area (Å²) in [5, 5.41) is 6.27. The van der Waals surface area contributed by atoms with Gasteiger partial charge in [0.15, 0.2) is 5.96 Å². The van der Waals surface area contributed by atoms with Crippen LogP contribution in [0.25, 0.3) is 0 Å². The standard InChI is InChI=1S/C16H23N5O3S.HI/c1-11-12(2)24-15(21-11)10-20-16(17-3)19-9-13-5-7-14(8-6-13)25(22,23)18-4;/h5-8,18H,9-10H2,1-4H3,(H2,17,19,20);1H. The van der Waals surface area contributed by atoms with Crippen LogP contribution in [0.15, 0.2) is 38.6 Å². The molecule has 0 unspecified atom stereocenters. The molecule has 0 aliphatic heterocycles. The Morgan fingerprint density at radius 3 is 2.27 bits per heavy atom. The van der Waals surface area contributed by atoms with Crippen molar-refractivity contribution in [1.82, 2.24) is 20.3 Å². The highest BCUT2D eigenvalue weighted by Crippen LogP contribution is 2.10. The predicted octanol–water partition coefficient (Wildman–Crippen LogP) is 1.68. The topological polar surface area (TPSA) is 109 Å². The van der Waals surface area contributed by atoms with Gasteiger partial charge < -0.3 is 15.1 Å². The molecule has 8 nitrogen and oxygen atoms in total. The first kappa shape index (κ1) is 22.4. The number of rotatable bonds is 6. The second kappa shape index (κ2) is 9.88. The maximum Gasteiger partial charge on any atom is 0.240 e. The zero-order valence-electron chi connectivity index (χ0n) is 15.2. The van der Waals surface area contributed by atoms with Gasteiger partial charge in [-0.3, -0.25) is 4.99 Å². The fourth-order valence-electron chi connectivity index (χ4n) is 2.08. The number of halogens is 1. The zero-order valence-corrected chi connectivity index (χ0v) is 18.3. The predicted molar refractivity (Wildman–Crippen MR) is 111 cm³/mol. The molecule has 0 bridgehead atoms. The normalized spacial score (nSPS) is 11.8. The molecule has 0 spiro atoms. The first-order valence-electron chi connectivity index (χ1n) is 7.75. The number of nitrogens with zero attached hydrogens (tertiary/aromatic N) is 2. The average Bonchev–Trinajstić information content (AvgIpc) is 2.93. The van der Waals surface area contributed by atoms with Crippen LogP contribution in [0.2, 0.25) is 0 Å². The third-order valence-corrected chi connectivity index (χ3v) is 5.10. The van der Waals surface area contributed by atoms with Gasteiger partial charge in [0.2, 0.25) is 15.9 Å². The molecule has 1 aromatic carbocycles. The van der Waals surface area contributed by atoms with Crippen molar-refractivity contribution in [1.29, 1.82) is 0 Å². The summed E-state index contributed by atoms with van der Waals surface area (Å²) in [5.74, 6) is 2.00. The van der Waals surface area contributed by atoms with E-state index in [9.17, 15) is 8.42 Å². The molecule has 26 heavy (non-hydrogen) atoms. The van der Waals surface area contributed by atoms with E-state index in [1.807, 2.05) is 13.8 Å². The molecule has 0 atom stereocenters. The lowest BCUT2D eigenvalue weighted by molar-refractivity contribution is 0.463. The third kappa shape index (κ3) is 5.95. The molecule has 0 amide bonds. The minimum atomic E-state index is -3.42. The summed E-state index contributed by atoms with van der Waals surface area (Å²) in [5.41, 5.74) is 1.80. The van der Waals surface area contributed by atoms with Gasteiger partial charge in [-0.25, -0.2) is 18.1 Å². The van der Waals surface area contributed by atoms with Crippen molar-refractivity contribution in [3.05, 3.63) is 47.2 Å². The number of aromatic nitrogens is 1. The monoisotopic (exact) mass is 493 g/mol. The number of hydrogen-bond acceptors (Lipinski definition) is 5.